The monoisotopic (exact) mass is 588 g/mol. The van der Waals surface area contributed by atoms with Gasteiger partial charge in [0, 0.05) is 22.2 Å². The number of rotatable bonds is 10. The Morgan fingerprint density at radius 1 is 1.07 bits per heavy atom. The van der Waals surface area contributed by atoms with Crippen molar-refractivity contribution in [2.75, 3.05) is 16.6 Å². The van der Waals surface area contributed by atoms with E-state index in [2.05, 4.69) is 37.4 Å². The highest BCUT2D eigenvalue weighted by atomic mass is 32.2. The van der Waals surface area contributed by atoms with E-state index in [1.54, 1.807) is 30.3 Å². The molecule has 4 unspecified atom stereocenters. The van der Waals surface area contributed by atoms with Crippen LogP contribution in [0.3, 0.4) is 0 Å². The summed E-state index contributed by atoms with van der Waals surface area (Å²) in [5, 5.41) is 23.1. The third-order valence-corrected chi connectivity index (χ3v) is 10.5. The van der Waals surface area contributed by atoms with Gasteiger partial charge in [0.1, 0.15) is 6.04 Å². The molecule has 2 aliphatic rings. The Morgan fingerprint density at radius 3 is 2.29 bits per heavy atom. The lowest BCUT2D eigenvalue weighted by Gasteiger charge is -2.32. The minimum absolute atomic E-state index is 0.0940. The third kappa shape index (κ3) is 5.39. The van der Waals surface area contributed by atoms with Crippen molar-refractivity contribution in [1.29, 1.82) is 0 Å². The van der Waals surface area contributed by atoms with E-state index in [1.807, 2.05) is 49.4 Å². The zero-order chi connectivity index (χ0) is 30.5. The highest BCUT2D eigenvalue weighted by Gasteiger charge is 2.53. The van der Waals surface area contributed by atoms with Crippen LogP contribution in [0, 0.1) is 5.41 Å². The minimum atomic E-state index is -3.85. The molecule has 0 bridgehead atoms. The summed E-state index contributed by atoms with van der Waals surface area (Å²) in [4.78, 5) is 14.1. The second-order valence-corrected chi connectivity index (χ2v) is 14.7. The molecule has 3 aromatic carbocycles. The summed E-state index contributed by atoms with van der Waals surface area (Å²) in [5.74, 6) is -0.151. The van der Waals surface area contributed by atoms with Crippen molar-refractivity contribution in [2.24, 2.45) is 5.41 Å². The number of carbonyl (C=O) groups excluding carboxylic acids is 1. The van der Waals surface area contributed by atoms with Crippen molar-refractivity contribution in [3.05, 3.63) is 102 Å². The van der Waals surface area contributed by atoms with E-state index < -0.39 is 33.0 Å². The highest BCUT2D eigenvalue weighted by Crippen LogP contribution is 2.51. The van der Waals surface area contributed by atoms with Crippen molar-refractivity contribution < 1.29 is 23.4 Å². The Hall–Kier alpha value is -3.46. The number of sulfonamides is 1. The molecule has 1 aliphatic heterocycles. The fourth-order valence-electron chi connectivity index (χ4n) is 5.97. The smallest absolute Gasteiger partial charge is 0.261 e. The number of hydrogen-bond donors (Lipinski definition) is 4. The largest absolute Gasteiger partial charge is 0.396 e. The second kappa shape index (κ2) is 10.7. The van der Waals surface area contributed by atoms with Gasteiger partial charge in [0.15, 0.2) is 5.78 Å². The number of fused-ring (bicyclic) bond motifs is 1. The molecule has 1 fully saturated rings. The number of anilines is 2. The molecule has 1 saturated carbocycles. The average Bonchev–Trinajstić information content (AvgIpc) is 3.53. The van der Waals surface area contributed by atoms with E-state index in [-0.39, 0.29) is 22.7 Å². The Bertz CT molecular complexity index is 1610. The van der Waals surface area contributed by atoms with E-state index in [9.17, 15) is 23.4 Å². The first kappa shape index (κ1) is 30.0. The van der Waals surface area contributed by atoms with Crippen molar-refractivity contribution in [1.82, 2.24) is 0 Å². The molecule has 0 spiro atoms. The SMILES string of the molecule is C=C(CCC1(CO)CC1O)C(=O)C1Nc2ccc(NS(=O)(=O)c3ccc(C(C)(C)C)cc3)cc2C1(C)c1ccccc1. The van der Waals surface area contributed by atoms with E-state index >= 15 is 0 Å². The molecule has 1 aliphatic carbocycles. The molecule has 8 heteroatoms. The standard InChI is InChI=1S/C34H40N2O5S/c1-22(17-18-34(21-37)20-29(34)38)30(39)31-33(5,24-9-7-6-8-10-24)27-19-25(13-16-28(27)35-31)36-42(40,41)26-14-11-23(12-15-26)32(2,3)4/h6-16,19,29,31,35-38H,1,17-18,20-21H2,2-5H3. The zero-order valence-electron chi connectivity index (χ0n) is 24.6. The second-order valence-electron chi connectivity index (χ2n) is 13.0. The lowest BCUT2D eigenvalue weighted by atomic mass is 9.70. The van der Waals surface area contributed by atoms with E-state index in [1.165, 1.54) is 0 Å². The van der Waals surface area contributed by atoms with Gasteiger partial charge in [-0.2, -0.15) is 0 Å². The molecule has 7 nitrogen and oxygen atoms in total. The Kier molecular flexibility index (Phi) is 7.62. The van der Waals surface area contributed by atoms with Crippen LogP contribution in [0.1, 0.15) is 63.6 Å². The first-order chi connectivity index (χ1) is 19.7. The van der Waals surface area contributed by atoms with Crippen molar-refractivity contribution >= 4 is 27.2 Å². The van der Waals surface area contributed by atoms with Crippen LogP contribution in [0.25, 0.3) is 0 Å². The van der Waals surface area contributed by atoms with Gasteiger partial charge in [-0.3, -0.25) is 9.52 Å². The molecular formula is C34H40N2O5S. The third-order valence-electron chi connectivity index (χ3n) is 9.11. The number of hydrogen-bond acceptors (Lipinski definition) is 6. The molecule has 0 amide bonds. The number of carbonyl (C=O) groups is 1. The van der Waals surface area contributed by atoms with Gasteiger partial charge in [-0.15, -0.1) is 0 Å². The topological polar surface area (TPSA) is 116 Å². The zero-order valence-corrected chi connectivity index (χ0v) is 25.5. The summed E-state index contributed by atoms with van der Waals surface area (Å²) in [6.45, 7) is 12.2. The molecule has 1 heterocycles. The molecule has 4 atom stereocenters. The van der Waals surface area contributed by atoms with Crippen LogP contribution in [0.4, 0.5) is 11.4 Å². The van der Waals surface area contributed by atoms with Gasteiger partial charge in [0.25, 0.3) is 10.0 Å². The summed E-state index contributed by atoms with van der Waals surface area (Å²) >= 11 is 0. The number of aliphatic hydroxyl groups excluding tert-OH is 2. The number of ketones is 1. The van der Waals surface area contributed by atoms with Crippen LogP contribution < -0.4 is 10.0 Å². The fourth-order valence-corrected chi connectivity index (χ4v) is 7.02. The summed E-state index contributed by atoms with van der Waals surface area (Å²) in [5.41, 5.74) is 2.86. The van der Waals surface area contributed by atoms with Gasteiger partial charge < -0.3 is 15.5 Å². The lowest BCUT2D eigenvalue weighted by molar-refractivity contribution is -0.117. The number of nitrogens with one attached hydrogen (secondary N) is 2. The van der Waals surface area contributed by atoms with Crippen molar-refractivity contribution in [3.63, 3.8) is 0 Å². The molecule has 4 N–H and O–H groups in total. The van der Waals surface area contributed by atoms with Gasteiger partial charge in [-0.25, -0.2) is 8.42 Å². The van der Waals surface area contributed by atoms with Gasteiger partial charge >= 0.3 is 0 Å². The minimum Gasteiger partial charge on any atom is -0.396 e. The lowest BCUT2D eigenvalue weighted by Crippen LogP contribution is -2.44. The maximum absolute atomic E-state index is 13.9. The predicted molar refractivity (Wildman–Crippen MR) is 166 cm³/mol. The van der Waals surface area contributed by atoms with E-state index in [4.69, 9.17) is 0 Å². The fraction of sp³-hybridized carbons (Fsp3) is 0.382. The summed E-state index contributed by atoms with van der Waals surface area (Å²) < 4.78 is 29.4. The molecule has 0 radical (unpaired) electrons. The summed E-state index contributed by atoms with van der Waals surface area (Å²) in [6.07, 6.45) is 0.834. The van der Waals surface area contributed by atoms with Crippen LogP contribution in [-0.2, 0) is 25.6 Å². The molecule has 5 rings (SSSR count). The maximum atomic E-state index is 13.9. The summed E-state index contributed by atoms with van der Waals surface area (Å²) in [6, 6.07) is 21.2. The Labute approximate surface area is 248 Å². The Morgan fingerprint density at radius 2 is 1.71 bits per heavy atom. The highest BCUT2D eigenvalue weighted by molar-refractivity contribution is 7.92. The van der Waals surface area contributed by atoms with Gasteiger partial charge in [-0.1, -0.05) is 69.8 Å². The van der Waals surface area contributed by atoms with Crippen molar-refractivity contribution in [3.8, 4) is 0 Å². The average molecular weight is 589 g/mol. The maximum Gasteiger partial charge on any atom is 0.261 e. The van der Waals surface area contributed by atoms with E-state index in [0.717, 1.165) is 22.4 Å². The molecule has 222 valence electrons. The Balaban J connectivity index is 1.44. The molecule has 0 saturated heterocycles. The van der Waals surface area contributed by atoms with Gasteiger partial charge in [0.05, 0.1) is 17.6 Å². The number of aliphatic hydroxyl groups is 2. The first-order valence-corrected chi connectivity index (χ1v) is 15.8. The van der Waals surface area contributed by atoms with Gasteiger partial charge in [-0.05, 0) is 84.2 Å². The molecular weight excluding hydrogens is 548 g/mol. The normalized spacial score (nSPS) is 24.9. The van der Waals surface area contributed by atoms with E-state index in [0.29, 0.717) is 30.5 Å². The van der Waals surface area contributed by atoms with Crippen LogP contribution in [0.15, 0.2) is 89.8 Å². The van der Waals surface area contributed by atoms with Crippen LogP contribution in [0.5, 0.6) is 0 Å². The van der Waals surface area contributed by atoms with Gasteiger partial charge in [0.2, 0.25) is 0 Å². The first-order valence-electron chi connectivity index (χ1n) is 14.3. The number of Topliss-reactive ketones (excluding diaryl/α,β-unsaturated/α-hetero) is 1. The van der Waals surface area contributed by atoms with Crippen LogP contribution in [0.2, 0.25) is 0 Å². The molecule has 42 heavy (non-hydrogen) atoms. The molecule has 0 aromatic heterocycles. The molecule has 3 aromatic rings. The predicted octanol–water partition coefficient (Wildman–Crippen LogP) is 5.53. The quantitative estimate of drug-likeness (QED) is 0.232. The van der Waals surface area contributed by atoms with Crippen molar-refractivity contribution in [2.45, 2.75) is 74.8 Å². The number of benzene rings is 3. The van der Waals surface area contributed by atoms with Crippen LogP contribution >= 0.6 is 0 Å². The van der Waals surface area contributed by atoms with Crippen LogP contribution in [-0.4, -0.2) is 43.2 Å². The summed E-state index contributed by atoms with van der Waals surface area (Å²) in [7, 11) is -3.85.